The number of anilines is 1. The van der Waals surface area contributed by atoms with E-state index in [4.69, 9.17) is 9.15 Å². The summed E-state index contributed by atoms with van der Waals surface area (Å²) in [6.07, 6.45) is 1.67. The van der Waals surface area contributed by atoms with E-state index >= 15 is 0 Å². The minimum absolute atomic E-state index is 0.150. The molecule has 2 amide bonds. The molecule has 0 saturated carbocycles. The first-order valence-electron chi connectivity index (χ1n) is 11.4. The van der Waals surface area contributed by atoms with Crippen LogP contribution in [0.25, 0.3) is 10.8 Å². The summed E-state index contributed by atoms with van der Waals surface area (Å²) in [5.41, 5.74) is 1.66. The maximum atomic E-state index is 12.7. The Labute approximate surface area is 207 Å². The van der Waals surface area contributed by atoms with Gasteiger partial charge < -0.3 is 19.8 Å². The first-order chi connectivity index (χ1) is 17.6. The van der Waals surface area contributed by atoms with E-state index in [9.17, 15) is 9.59 Å². The van der Waals surface area contributed by atoms with Crippen molar-refractivity contribution < 1.29 is 18.7 Å². The topological polar surface area (TPSA) is 93.5 Å². The van der Waals surface area contributed by atoms with E-state index in [2.05, 4.69) is 15.6 Å². The lowest BCUT2D eigenvalue weighted by molar-refractivity contribution is 0.0948. The Bertz CT molecular complexity index is 1510. The Morgan fingerprint density at radius 1 is 0.806 bits per heavy atom. The van der Waals surface area contributed by atoms with Crippen molar-refractivity contribution in [3.63, 3.8) is 0 Å². The van der Waals surface area contributed by atoms with E-state index in [-0.39, 0.29) is 18.3 Å². The predicted molar refractivity (Wildman–Crippen MR) is 137 cm³/mol. The molecule has 36 heavy (non-hydrogen) atoms. The highest BCUT2D eigenvalue weighted by Crippen LogP contribution is 2.22. The fourth-order valence-corrected chi connectivity index (χ4v) is 3.70. The summed E-state index contributed by atoms with van der Waals surface area (Å²) in [6.45, 7) is 0.504. The molecule has 0 bridgehead atoms. The van der Waals surface area contributed by atoms with Crippen molar-refractivity contribution >= 4 is 28.3 Å². The van der Waals surface area contributed by atoms with Crippen molar-refractivity contribution in [3.8, 4) is 5.75 Å². The lowest BCUT2D eigenvalue weighted by atomic mass is 10.1. The Hall–Kier alpha value is -4.91. The van der Waals surface area contributed by atoms with Crippen LogP contribution < -0.4 is 15.4 Å². The number of benzene rings is 3. The van der Waals surface area contributed by atoms with Crippen molar-refractivity contribution in [2.75, 3.05) is 5.32 Å². The smallest absolute Gasteiger partial charge is 0.291 e. The number of rotatable bonds is 8. The summed E-state index contributed by atoms with van der Waals surface area (Å²) in [5, 5.41) is 7.81. The van der Waals surface area contributed by atoms with Crippen LogP contribution in [0.5, 0.6) is 5.75 Å². The molecule has 0 aliphatic carbocycles. The largest absolute Gasteiger partial charge is 0.486 e. The monoisotopic (exact) mass is 477 g/mol. The van der Waals surface area contributed by atoms with Crippen LogP contribution >= 0.6 is 0 Å². The molecule has 3 aromatic carbocycles. The van der Waals surface area contributed by atoms with Gasteiger partial charge >= 0.3 is 0 Å². The standard InChI is InChI=1S/C29H23N3O4/c33-28(31-18-24-9-3-4-15-30-24)22-8-5-10-23(16-22)32-29(34)27-14-13-26(36-27)19-35-25-12-11-20-6-1-2-7-21(20)17-25/h1-17H,18-19H2,(H,31,33)(H,32,34). The molecular weight excluding hydrogens is 454 g/mol. The first-order valence-corrected chi connectivity index (χ1v) is 11.4. The van der Waals surface area contributed by atoms with Crippen molar-refractivity contribution in [3.05, 3.63) is 126 Å². The molecule has 0 aliphatic heterocycles. The molecule has 178 valence electrons. The minimum atomic E-state index is -0.419. The van der Waals surface area contributed by atoms with Crippen molar-refractivity contribution in [2.45, 2.75) is 13.2 Å². The molecule has 2 N–H and O–H groups in total. The molecule has 0 aliphatic rings. The zero-order valence-electron chi connectivity index (χ0n) is 19.3. The lowest BCUT2D eigenvalue weighted by Crippen LogP contribution is -2.23. The number of ether oxygens (including phenoxy) is 1. The van der Waals surface area contributed by atoms with Gasteiger partial charge in [-0.05, 0) is 65.4 Å². The molecule has 0 radical (unpaired) electrons. The average Bonchev–Trinajstić information content (AvgIpc) is 3.40. The molecule has 0 spiro atoms. The third-order valence-corrected chi connectivity index (χ3v) is 5.53. The van der Waals surface area contributed by atoms with Gasteiger partial charge in [0.25, 0.3) is 11.8 Å². The predicted octanol–water partition coefficient (Wildman–Crippen LogP) is 5.59. The normalized spacial score (nSPS) is 10.7. The van der Waals surface area contributed by atoms with Gasteiger partial charge in [-0.2, -0.15) is 0 Å². The molecule has 0 atom stereocenters. The van der Waals surface area contributed by atoms with Gasteiger partial charge in [0.1, 0.15) is 18.1 Å². The van der Waals surface area contributed by atoms with E-state index in [1.54, 1.807) is 42.6 Å². The van der Waals surface area contributed by atoms with Gasteiger partial charge in [0.05, 0.1) is 12.2 Å². The van der Waals surface area contributed by atoms with Crippen LogP contribution in [-0.2, 0) is 13.2 Å². The Morgan fingerprint density at radius 2 is 1.67 bits per heavy atom. The van der Waals surface area contributed by atoms with Crippen LogP contribution in [0.2, 0.25) is 0 Å². The van der Waals surface area contributed by atoms with Crippen LogP contribution in [0.4, 0.5) is 5.69 Å². The number of furan rings is 1. The Morgan fingerprint density at radius 3 is 2.53 bits per heavy atom. The van der Waals surface area contributed by atoms with Gasteiger partial charge in [-0.15, -0.1) is 0 Å². The summed E-state index contributed by atoms with van der Waals surface area (Å²) >= 11 is 0. The number of hydrogen-bond acceptors (Lipinski definition) is 5. The number of carbonyl (C=O) groups excluding carboxylic acids is 2. The van der Waals surface area contributed by atoms with Gasteiger partial charge in [-0.1, -0.05) is 42.5 Å². The first kappa shape index (κ1) is 22.9. The van der Waals surface area contributed by atoms with Gasteiger partial charge in [0.15, 0.2) is 5.76 Å². The van der Waals surface area contributed by atoms with Crippen LogP contribution in [-0.4, -0.2) is 16.8 Å². The van der Waals surface area contributed by atoms with E-state index in [0.29, 0.717) is 29.3 Å². The quantitative estimate of drug-likeness (QED) is 0.304. The third kappa shape index (κ3) is 5.59. The zero-order valence-corrected chi connectivity index (χ0v) is 19.3. The van der Waals surface area contributed by atoms with E-state index < -0.39 is 5.91 Å². The second-order valence-corrected chi connectivity index (χ2v) is 8.10. The summed E-state index contributed by atoms with van der Waals surface area (Å²) in [6, 6.07) is 29.4. The number of fused-ring (bicyclic) bond motifs is 1. The van der Waals surface area contributed by atoms with Gasteiger partial charge in [0, 0.05) is 17.4 Å². The molecule has 0 unspecified atom stereocenters. The molecule has 2 heterocycles. The van der Waals surface area contributed by atoms with E-state index in [0.717, 1.165) is 16.5 Å². The van der Waals surface area contributed by atoms with Gasteiger partial charge in [-0.3, -0.25) is 14.6 Å². The third-order valence-electron chi connectivity index (χ3n) is 5.53. The maximum Gasteiger partial charge on any atom is 0.291 e. The molecule has 0 fully saturated rings. The molecular formula is C29H23N3O4. The van der Waals surface area contributed by atoms with Gasteiger partial charge in [0.2, 0.25) is 0 Å². The summed E-state index contributed by atoms with van der Waals surface area (Å²) in [4.78, 5) is 29.4. The van der Waals surface area contributed by atoms with Crippen LogP contribution in [0, 0.1) is 0 Å². The summed E-state index contributed by atoms with van der Waals surface area (Å²) in [5.74, 6) is 0.711. The molecule has 5 rings (SSSR count). The van der Waals surface area contributed by atoms with Crippen molar-refractivity contribution in [1.29, 1.82) is 0 Å². The fraction of sp³-hybridized carbons (Fsp3) is 0.0690. The molecule has 0 saturated heterocycles. The Kier molecular flexibility index (Phi) is 6.71. The SMILES string of the molecule is O=C(NCc1ccccn1)c1cccc(NC(=O)c2ccc(COc3ccc4ccccc4c3)o2)c1. The number of pyridine rings is 1. The molecule has 2 aromatic heterocycles. The van der Waals surface area contributed by atoms with Crippen LogP contribution in [0.1, 0.15) is 32.4 Å². The summed E-state index contributed by atoms with van der Waals surface area (Å²) in [7, 11) is 0. The molecule has 7 nitrogen and oxygen atoms in total. The molecule has 7 heteroatoms. The van der Waals surface area contributed by atoms with Crippen LogP contribution in [0.15, 0.2) is 108 Å². The highest BCUT2D eigenvalue weighted by molar-refractivity contribution is 6.03. The number of nitrogens with one attached hydrogen (secondary N) is 2. The average molecular weight is 478 g/mol. The Balaban J connectivity index is 1.17. The number of carbonyl (C=O) groups is 2. The zero-order chi connectivity index (χ0) is 24.7. The number of aromatic nitrogens is 1. The highest BCUT2D eigenvalue weighted by Gasteiger charge is 2.13. The van der Waals surface area contributed by atoms with Crippen molar-refractivity contribution in [2.24, 2.45) is 0 Å². The van der Waals surface area contributed by atoms with Crippen molar-refractivity contribution in [1.82, 2.24) is 10.3 Å². The summed E-state index contributed by atoms with van der Waals surface area (Å²) < 4.78 is 11.5. The van der Waals surface area contributed by atoms with Crippen LogP contribution in [0.3, 0.4) is 0 Å². The minimum Gasteiger partial charge on any atom is -0.486 e. The van der Waals surface area contributed by atoms with E-state index in [1.807, 2.05) is 60.7 Å². The second-order valence-electron chi connectivity index (χ2n) is 8.10. The molecule has 5 aromatic rings. The number of hydrogen-bond donors (Lipinski definition) is 2. The second kappa shape index (κ2) is 10.6. The highest BCUT2D eigenvalue weighted by atomic mass is 16.5. The number of amides is 2. The maximum absolute atomic E-state index is 12.7. The number of nitrogens with zero attached hydrogens (tertiary/aromatic N) is 1. The lowest BCUT2D eigenvalue weighted by Gasteiger charge is -2.08. The van der Waals surface area contributed by atoms with Gasteiger partial charge in [-0.25, -0.2) is 0 Å². The fourth-order valence-electron chi connectivity index (χ4n) is 3.70. The van der Waals surface area contributed by atoms with E-state index in [1.165, 1.54) is 0 Å².